The van der Waals surface area contributed by atoms with Crippen molar-refractivity contribution >= 4 is 17.6 Å². The molecule has 0 fully saturated rings. The van der Waals surface area contributed by atoms with Crippen LogP contribution < -0.4 is 4.74 Å². The van der Waals surface area contributed by atoms with E-state index in [1.165, 1.54) is 6.20 Å². The molecule has 1 aromatic heterocycles. The minimum atomic E-state index is -1.02. The van der Waals surface area contributed by atoms with Gasteiger partial charge in [0.15, 0.2) is 11.9 Å². The molecular weight excluding hydrogens is 282 g/mol. The summed E-state index contributed by atoms with van der Waals surface area (Å²) in [6.45, 7) is 3.56. The molecule has 0 amide bonds. The lowest BCUT2D eigenvalue weighted by Gasteiger charge is -2.19. The molecule has 0 bridgehead atoms. The van der Waals surface area contributed by atoms with E-state index in [1.54, 1.807) is 38.1 Å². The normalized spacial score (nSPS) is 12.4. The van der Waals surface area contributed by atoms with Gasteiger partial charge in [-0.25, -0.2) is 4.79 Å². The highest BCUT2D eigenvalue weighted by atomic mass is 35.5. The van der Waals surface area contributed by atoms with Crippen molar-refractivity contribution in [1.82, 2.24) is 5.16 Å². The molecule has 0 aliphatic carbocycles. The van der Waals surface area contributed by atoms with Gasteiger partial charge in [-0.2, -0.15) is 0 Å². The Balaban J connectivity index is 2.39. The second kappa shape index (κ2) is 5.96. The third kappa shape index (κ3) is 3.11. The quantitative estimate of drug-likeness (QED) is 0.914. The summed E-state index contributed by atoms with van der Waals surface area (Å²) in [6.07, 6.45) is 0.551. The van der Waals surface area contributed by atoms with E-state index in [1.807, 2.05) is 0 Å². The van der Waals surface area contributed by atoms with Crippen LogP contribution in [0.2, 0.25) is 5.02 Å². The fourth-order valence-electron chi connectivity index (χ4n) is 1.76. The highest BCUT2D eigenvalue weighted by molar-refractivity contribution is 6.30. The first-order chi connectivity index (χ1) is 9.49. The van der Waals surface area contributed by atoms with E-state index in [4.69, 9.17) is 20.9 Å². The van der Waals surface area contributed by atoms with Crippen LogP contribution in [0.4, 0.5) is 0 Å². The highest BCUT2D eigenvalue weighted by Crippen LogP contribution is 2.33. The Labute approximate surface area is 121 Å². The van der Waals surface area contributed by atoms with Crippen LogP contribution in [-0.2, 0) is 4.79 Å². The second-order valence-electron chi connectivity index (χ2n) is 4.64. The molecule has 1 N–H and O–H groups in total. The van der Waals surface area contributed by atoms with Crippen LogP contribution >= 0.6 is 11.6 Å². The topological polar surface area (TPSA) is 72.6 Å². The summed E-state index contributed by atoms with van der Waals surface area (Å²) in [5, 5.41) is 13.3. The van der Waals surface area contributed by atoms with E-state index in [2.05, 4.69) is 5.16 Å². The van der Waals surface area contributed by atoms with Gasteiger partial charge in [-0.05, 0) is 18.2 Å². The predicted octanol–water partition coefficient (Wildman–Crippen LogP) is 3.48. The number of aliphatic carboxylic acids is 1. The van der Waals surface area contributed by atoms with Crippen LogP contribution in [0.15, 0.2) is 35.0 Å². The Morgan fingerprint density at radius 1 is 1.40 bits per heavy atom. The van der Waals surface area contributed by atoms with Gasteiger partial charge in [-0.15, -0.1) is 0 Å². The van der Waals surface area contributed by atoms with Crippen LogP contribution in [-0.4, -0.2) is 22.3 Å². The number of rotatable bonds is 5. The van der Waals surface area contributed by atoms with Gasteiger partial charge in [0.05, 0.1) is 11.8 Å². The largest absolute Gasteiger partial charge is 0.478 e. The second-order valence-corrected chi connectivity index (χ2v) is 5.07. The Kier molecular flexibility index (Phi) is 4.29. The summed E-state index contributed by atoms with van der Waals surface area (Å²) in [4.78, 5) is 11.2. The minimum Gasteiger partial charge on any atom is -0.478 e. The van der Waals surface area contributed by atoms with Gasteiger partial charge in [-0.3, -0.25) is 0 Å². The molecular formula is C14H14ClNO4. The number of hydrogen-bond donors (Lipinski definition) is 1. The van der Waals surface area contributed by atoms with Crippen molar-refractivity contribution in [3.05, 3.63) is 35.5 Å². The van der Waals surface area contributed by atoms with Crippen molar-refractivity contribution in [3.63, 3.8) is 0 Å². The van der Waals surface area contributed by atoms with Crippen LogP contribution in [0.1, 0.15) is 13.8 Å². The van der Waals surface area contributed by atoms with Crippen molar-refractivity contribution in [2.24, 2.45) is 5.92 Å². The van der Waals surface area contributed by atoms with Crippen LogP contribution in [0.5, 0.6) is 5.75 Å². The van der Waals surface area contributed by atoms with E-state index in [-0.39, 0.29) is 5.92 Å². The zero-order chi connectivity index (χ0) is 14.7. The van der Waals surface area contributed by atoms with E-state index in [0.29, 0.717) is 22.1 Å². The number of hydrogen-bond acceptors (Lipinski definition) is 4. The average Bonchev–Trinajstić information content (AvgIpc) is 2.89. The average molecular weight is 296 g/mol. The molecule has 106 valence electrons. The molecule has 0 saturated heterocycles. The maximum Gasteiger partial charge on any atom is 0.345 e. The summed E-state index contributed by atoms with van der Waals surface area (Å²) in [6, 6.07) is 6.56. The standard InChI is InChI=1S/C14H14ClNO4/c1-8(2)13(14(17)18)19-11-4-3-9(15)7-10(11)12-5-6-16-20-12/h3-8,13H,1-2H3,(H,17,18). The zero-order valence-corrected chi connectivity index (χ0v) is 11.8. The molecule has 1 heterocycles. The van der Waals surface area contributed by atoms with Gasteiger partial charge < -0.3 is 14.4 Å². The van der Waals surface area contributed by atoms with E-state index >= 15 is 0 Å². The fourth-order valence-corrected chi connectivity index (χ4v) is 1.93. The molecule has 1 unspecified atom stereocenters. The van der Waals surface area contributed by atoms with Crippen LogP contribution in [0.25, 0.3) is 11.3 Å². The summed E-state index contributed by atoms with van der Waals surface area (Å²) in [7, 11) is 0. The number of carboxylic acids is 1. The summed E-state index contributed by atoms with van der Waals surface area (Å²) < 4.78 is 10.7. The Bertz CT molecular complexity index is 595. The molecule has 0 radical (unpaired) electrons. The lowest BCUT2D eigenvalue weighted by Crippen LogP contribution is -2.32. The van der Waals surface area contributed by atoms with E-state index in [0.717, 1.165) is 0 Å². The molecule has 2 rings (SSSR count). The van der Waals surface area contributed by atoms with Crippen molar-refractivity contribution < 1.29 is 19.2 Å². The lowest BCUT2D eigenvalue weighted by molar-refractivity contribution is -0.147. The number of aromatic nitrogens is 1. The number of benzene rings is 1. The molecule has 1 aromatic carbocycles. The van der Waals surface area contributed by atoms with Gasteiger partial charge in [0.25, 0.3) is 0 Å². The third-order valence-electron chi connectivity index (χ3n) is 2.75. The Hall–Kier alpha value is -2.01. The first-order valence-corrected chi connectivity index (χ1v) is 6.47. The molecule has 6 heteroatoms. The Morgan fingerprint density at radius 2 is 2.15 bits per heavy atom. The Morgan fingerprint density at radius 3 is 2.70 bits per heavy atom. The minimum absolute atomic E-state index is 0.175. The van der Waals surface area contributed by atoms with Gasteiger partial charge in [0, 0.05) is 17.0 Å². The number of carbonyl (C=O) groups is 1. The molecule has 0 spiro atoms. The summed E-state index contributed by atoms with van der Waals surface area (Å²) >= 11 is 5.96. The van der Waals surface area contributed by atoms with Crippen molar-refractivity contribution in [1.29, 1.82) is 0 Å². The lowest BCUT2D eigenvalue weighted by atomic mass is 10.1. The summed E-state index contributed by atoms with van der Waals surface area (Å²) in [5.41, 5.74) is 0.571. The molecule has 0 saturated carbocycles. The molecule has 0 aliphatic heterocycles. The summed E-state index contributed by atoms with van der Waals surface area (Å²) in [5.74, 6) is -0.327. The van der Waals surface area contributed by atoms with Gasteiger partial charge in [0.2, 0.25) is 0 Å². The van der Waals surface area contributed by atoms with Gasteiger partial charge >= 0.3 is 5.97 Å². The van der Waals surface area contributed by atoms with E-state index < -0.39 is 12.1 Å². The molecule has 2 aromatic rings. The van der Waals surface area contributed by atoms with Crippen molar-refractivity contribution in [2.45, 2.75) is 20.0 Å². The number of carboxylic acid groups (broad SMARTS) is 1. The molecule has 20 heavy (non-hydrogen) atoms. The van der Waals surface area contributed by atoms with E-state index in [9.17, 15) is 9.90 Å². The molecule has 5 nitrogen and oxygen atoms in total. The van der Waals surface area contributed by atoms with Gasteiger partial charge in [-0.1, -0.05) is 30.6 Å². The smallest absolute Gasteiger partial charge is 0.345 e. The molecule has 1 atom stereocenters. The monoisotopic (exact) mass is 295 g/mol. The van der Waals surface area contributed by atoms with Crippen LogP contribution in [0, 0.1) is 5.92 Å². The predicted molar refractivity (Wildman–Crippen MR) is 73.8 cm³/mol. The molecule has 0 aliphatic rings. The van der Waals surface area contributed by atoms with Gasteiger partial charge in [0.1, 0.15) is 5.75 Å². The SMILES string of the molecule is CC(C)C(Oc1ccc(Cl)cc1-c1ccno1)C(=O)O. The first kappa shape index (κ1) is 14.4. The third-order valence-corrected chi connectivity index (χ3v) is 2.98. The zero-order valence-electron chi connectivity index (χ0n) is 11.0. The first-order valence-electron chi connectivity index (χ1n) is 6.09. The number of halogens is 1. The van der Waals surface area contributed by atoms with Crippen molar-refractivity contribution in [3.8, 4) is 17.1 Å². The maximum absolute atomic E-state index is 11.2. The van der Waals surface area contributed by atoms with Crippen LogP contribution in [0.3, 0.4) is 0 Å². The highest BCUT2D eigenvalue weighted by Gasteiger charge is 2.25. The number of nitrogens with zero attached hydrogens (tertiary/aromatic N) is 1. The number of ether oxygens (including phenoxy) is 1. The fraction of sp³-hybridized carbons (Fsp3) is 0.286. The van der Waals surface area contributed by atoms with Crippen molar-refractivity contribution in [2.75, 3.05) is 0 Å². The maximum atomic E-state index is 11.2.